The number of nitrogens with one attached hydrogen (secondary N) is 2. The number of nitrogens with zero attached hydrogens (tertiary/aromatic N) is 4. The van der Waals surface area contributed by atoms with E-state index in [-0.39, 0.29) is 45.4 Å². The summed E-state index contributed by atoms with van der Waals surface area (Å²) in [4.78, 5) is 50.7. The van der Waals surface area contributed by atoms with Gasteiger partial charge in [-0.2, -0.15) is 13.2 Å². The number of aromatic amines is 1. The summed E-state index contributed by atoms with van der Waals surface area (Å²) in [5.74, 6) is -1.35. The quantitative estimate of drug-likeness (QED) is 0.171. The molecular formula is C36H41F3N6O5. The van der Waals surface area contributed by atoms with Crippen LogP contribution < -0.4 is 19.7 Å². The van der Waals surface area contributed by atoms with Gasteiger partial charge in [0.05, 0.1) is 36.2 Å². The molecule has 0 aliphatic carbocycles. The van der Waals surface area contributed by atoms with Crippen LogP contribution in [0.5, 0.6) is 11.5 Å². The largest absolute Gasteiger partial charge is 0.495 e. The van der Waals surface area contributed by atoms with E-state index in [4.69, 9.17) is 9.47 Å². The number of piperazine rings is 1. The van der Waals surface area contributed by atoms with Gasteiger partial charge >= 0.3 is 6.18 Å². The second-order valence-electron chi connectivity index (χ2n) is 12.3. The van der Waals surface area contributed by atoms with E-state index in [1.54, 1.807) is 7.05 Å². The topological polar surface area (TPSA) is 120 Å². The summed E-state index contributed by atoms with van der Waals surface area (Å²) in [6.45, 7) is 5.70. The molecule has 1 saturated heterocycles. The molecule has 5 rings (SSSR count). The highest BCUT2D eigenvalue weighted by molar-refractivity contribution is 6.12. The highest BCUT2D eigenvalue weighted by Crippen LogP contribution is 2.33. The number of para-hydroxylation sites is 1. The average Bonchev–Trinajstić information content (AvgIpc) is 3.55. The third-order valence-electron chi connectivity index (χ3n) is 8.65. The van der Waals surface area contributed by atoms with Crippen molar-refractivity contribution in [3.05, 3.63) is 77.1 Å². The highest BCUT2D eigenvalue weighted by atomic mass is 19.4. The third-order valence-corrected chi connectivity index (χ3v) is 8.65. The number of rotatable bonds is 12. The monoisotopic (exact) mass is 694 g/mol. The van der Waals surface area contributed by atoms with Crippen LogP contribution in [0.1, 0.15) is 57.8 Å². The summed E-state index contributed by atoms with van der Waals surface area (Å²) in [5, 5.41) is 2.66. The second-order valence-corrected chi connectivity index (χ2v) is 12.3. The Morgan fingerprint density at radius 2 is 1.74 bits per heavy atom. The average molecular weight is 695 g/mol. The number of benzene rings is 3. The van der Waals surface area contributed by atoms with Crippen molar-refractivity contribution in [3.8, 4) is 11.5 Å². The van der Waals surface area contributed by atoms with Crippen LogP contribution in [0.15, 0.2) is 54.6 Å². The lowest BCUT2D eigenvalue weighted by Gasteiger charge is -2.32. The van der Waals surface area contributed by atoms with E-state index in [1.807, 2.05) is 30.0 Å². The fourth-order valence-corrected chi connectivity index (χ4v) is 5.74. The number of halogens is 3. The Balaban J connectivity index is 1.21. The summed E-state index contributed by atoms with van der Waals surface area (Å²) in [6, 6.07) is 14.3. The second kappa shape index (κ2) is 15.6. The van der Waals surface area contributed by atoms with Gasteiger partial charge in [-0.3, -0.25) is 14.4 Å². The molecule has 50 heavy (non-hydrogen) atoms. The number of hydrogen-bond acceptors (Lipinski definition) is 7. The van der Waals surface area contributed by atoms with Gasteiger partial charge in [0, 0.05) is 45.2 Å². The van der Waals surface area contributed by atoms with Crippen LogP contribution in [-0.4, -0.2) is 91.5 Å². The SMILES string of the molecule is COc1cc(C(=O)N(C)c2ccc(C)cc2OCCCCCC(=O)N2CCN(C)CC2)ccc1NC(=O)c1cccc2[nH]c(C(F)(F)F)nc12. The molecule has 1 aliphatic heterocycles. The maximum absolute atomic E-state index is 13.6. The molecule has 0 bridgehead atoms. The van der Waals surface area contributed by atoms with Crippen molar-refractivity contribution in [2.75, 3.05) is 64.2 Å². The van der Waals surface area contributed by atoms with Crippen molar-refractivity contribution in [1.82, 2.24) is 19.8 Å². The Labute approximate surface area is 288 Å². The Morgan fingerprint density at radius 3 is 2.46 bits per heavy atom. The number of imidazole rings is 1. The molecule has 0 unspecified atom stereocenters. The number of carbonyl (C=O) groups excluding carboxylic acids is 3. The summed E-state index contributed by atoms with van der Waals surface area (Å²) in [7, 11) is 5.07. The number of aromatic nitrogens is 2. The summed E-state index contributed by atoms with van der Waals surface area (Å²) in [5.41, 5.74) is 1.87. The van der Waals surface area contributed by atoms with Crippen LogP contribution in [-0.2, 0) is 11.0 Å². The van der Waals surface area contributed by atoms with Crippen LogP contribution in [0.25, 0.3) is 11.0 Å². The van der Waals surface area contributed by atoms with Crippen molar-refractivity contribution >= 4 is 40.1 Å². The first-order valence-corrected chi connectivity index (χ1v) is 16.4. The van der Waals surface area contributed by atoms with Gasteiger partial charge < -0.3 is 34.5 Å². The van der Waals surface area contributed by atoms with Gasteiger partial charge in [0.2, 0.25) is 11.7 Å². The number of hydrogen-bond donors (Lipinski definition) is 2. The zero-order valence-electron chi connectivity index (χ0n) is 28.5. The van der Waals surface area contributed by atoms with Crippen molar-refractivity contribution in [1.29, 1.82) is 0 Å². The number of anilines is 2. The molecule has 4 aromatic rings. The van der Waals surface area contributed by atoms with Gasteiger partial charge in [-0.25, -0.2) is 4.98 Å². The highest BCUT2D eigenvalue weighted by Gasteiger charge is 2.35. The van der Waals surface area contributed by atoms with Gasteiger partial charge in [-0.1, -0.05) is 12.1 Å². The zero-order chi connectivity index (χ0) is 36.0. The molecular weight excluding hydrogens is 653 g/mol. The number of likely N-dealkylation sites (N-methyl/N-ethyl adjacent to an activating group) is 1. The lowest BCUT2D eigenvalue weighted by Crippen LogP contribution is -2.47. The number of carbonyl (C=O) groups is 3. The smallest absolute Gasteiger partial charge is 0.449 e. The number of unbranched alkanes of at least 4 members (excludes halogenated alkanes) is 2. The Bertz CT molecular complexity index is 1850. The lowest BCUT2D eigenvalue weighted by atomic mass is 10.1. The molecule has 0 atom stereocenters. The minimum atomic E-state index is -4.70. The van der Waals surface area contributed by atoms with Crippen molar-refractivity contribution in [2.45, 2.75) is 38.8 Å². The molecule has 1 fully saturated rings. The maximum Gasteiger partial charge on any atom is 0.449 e. The lowest BCUT2D eigenvalue weighted by molar-refractivity contribution is -0.144. The number of methoxy groups -OCH3 is 1. The van der Waals surface area contributed by atoms with E-state index in [1.165, 1.54) is 48.4 Å². The minimum absolute atomic E-state index is 0.0635. The first kappa shape index (κ1) is 36.2. The Kier molecular flexibility index (Phi) is 11.3. The van der Waals surface area contributed by atoms with Crippen LogP contribution in [0.4, 0.5) is 24.5 Å². The van der Waals surface area contributed by atoms with E-state index in [9.17, 15) is 27.6 Å². The van der Waals surface area contributed by atoms with Gasteiger partial charge in [0.15, 0.2) is 0 Å². The number of amides is 3. The summed E-state index contributed by atoms with van der Waals surface area (Å²) >= 11 is 0. The summed E-state index contributed by atoms with van der Waals surface area (Å²) in [6.07, 6.45) is -1.81. The Hall–Kier alpha value is -5.11. The molecule has 2 heterocycles. The molecule has 0 radical (unpaired) electrons. The maximum atomic E-state index is 13.6. The standard InChI is InChI=1S/C36H41F3N6O5/c1-23-12-15-28(30(21-23)50-20-7-5-6-11-31(46)45-18-16-43(2)17-19-45)44(3)34(48)24-13-14-26(29(22-24)49-4)40-33(47)25-9-8-10-27-32(25)42-35(41-27)36(37,38)39/h8-10,12-15,21-22H,5-7,11,16-20H2,1-4H3,(H,40,47)(H,41,42). The fourth-order valence-electron chi connectivity index (χ4n) is 5.74. The molecule has 1 aliphatic rings. The van der Waals surface area contributed by atoms with E-state index in [0.29, 0.717) is 24.5 Å². The van der Waals surface area contributed by atoms with E-state index in [0.717, 1.165) is 51.0 Å². The minimum Gasteiger partial charge on any atom is -0.495 e. The normalized spacial score (nSPS) is 13.7. The number of aryl methyl sites for hydroxylation is 1. The molecule has 266 valence electrons. The number of ether oxygens (including phenoxy) is 2. The van der Waals surface area contributed by atoms with E-state index >= 15 is 0 Å². The van der Waals surface area contributed by atoms with E-state index in [2.05, 4.69) is 27.2 Å². The van der Waals surface area contributed by atoms with Gasteiger partial charge in [0.25, 0.3) is 11.8 Å². The predicted octanol–water partition coefficient (Wildman–Crippen LogP) is 6.14. The number of fused-ring (bicyclic) bond motifs is 1. The van der Waals surface area contributed by atoms with Gasteiger partial charge in [0.1, 0.15) is 17.0 Å². The molecule has 0 spiro atoms. The van der Waals surface area contributed by atoms with Crippen LogP contribution in [0.2, 0.25) is 0 Å². The van der Waals surface area contributed by atoms with Gasteiger partial charge in [-0.15, -0.1) is 0 Å². The molecule has 11 nitrogen and oxygen atoms in total. The molecule has 3 aromatic carbocycles. The van der Waals surface area contributed by atoms with Crippen LogP contribution in [0, 0.1) is 6.92 Å². The molecule has 1 aromatic heterocycles. The van der Waals surface area contributed by atoms with Crippen LogP contribution >= 0.6 is 0 Å². The molecule has 0 saturated carbocycles. The Morgan fingerprint density at radius 1 is 0.980 bits per heavy atom. The zero-order valence-corrected chi connectivity index (χ0v) is 28.5. The first-order valence-electron chi connectivity index (χ1n) is 16.4. The van der Waals surface area contributed by atoms with Crippen LogP contribution in [0.3, 0.4) is 0 Å². The molecule has 14 heteroatoms. The van der Waals surface area contributed by atoms with Crippen molar-refractivity contribution in [2.24, 2.45) is 0 Å². The summed E-state index contributed by atoms with van der Waals surface area (Å²) < 4.78 is 51.3. The number of H-pyrrole nitrogens is 1. The third kappa shape index (κ3) is 8.54. The van der Waals surface area contributed by atoms with Gasteiger partial charge in [-0.05, 0) is 81.3 Å². The molecule has 3 amide bonds. The molecule has 2 N–H and O–H groups in total. The fraction of sp³-hybridized carbons (Fsp3) is 0.389. The number of alkyl halides is 3. The van der Waals surface area contributed by atoms with Crippen molar-refractivity contribution in [3.63, 3.8) is 0 Å². The predicted molar refractivity (Wildman–Crippen MR) is 184 cm³/mol. The first-order chi connectivity index (χ1) is 23.8. The van der Waals surface area contributed by atoms with E-state index < -0.39 is 17.9 Å². The van der Waals surface area contributed by atoms with Crippen molar-refractivity contribution < 1.29 is 37.0 Å².